The summed E-state index contributed by atoms with van der Waals surface area (Å²) in [4.78, 5) is 12.8. The maximum atomic E-state index is 12.8. The van der Waals surface area contributed by atoms with E-state index in [9.17, 15) is 4.79 Å². The Hall–Kier alpha value is -2.61. The standard InChI is InChI=1S/C19H26ClN7O/c1-6-17(27-14(5)18(20)12(3)24-27)19(28)23-16-9-21-25(11-16)10-15-8-22-26(7-2)13(15)4/h8-9,11,17H,6-7,10H2,1-5H3,(H,23,28). The lowest BCUT2D eigenvalue weighted by atomic mass is 10.2. The first-order valence-corrected chi connectivity index (χ1v) is 9.79. The molecule has 0 radical (unpaired) electrons. The SMILES string of the molecule is CCC(C(=O)Nc1cnn(Cc2cnn(CC)c2C)c1)n1nc(C)c(Cl)c1C. The van der Waals surface area contributed by atoms with Gasteiger partial charge in [-0.3, -0.25) is 18.8 Å². The molecule has 150 valence electrons. The maximum absolute atomic E-state index is 12.8. The van der Waals surface area contributed by atoms with Gasteiger partial charge in [-0.1, -0.05) is 18.5 Å². The Morgan fingerprint density at radius 2 is 1.93 bits per heavy atom. The van der Waals surface area contributed by atoms with Crippen molar-refractivity contribution in [2.45, 2.75) is 60.2 Å². The molecule has 1 amide bonds. The average Bonchev–Trinajstić information content (AvgIpc) is 3.32. The fourth-order valence-electron chi connectivity index (χ4n) is 3.29. The summed E-state index contributed by atoms with van der Waals surface area (Å²) in [6.07, 6.45) is 5.94. The molecule has 0 saturated carbocycles. The molecule has 1 atom stereocenters. The molecule has 0 aromatic carbocycles. The van der Waals surface area contributed by atoms with Gasteiger partial charge in [0.1, 0.15) is 6.04 Å². The smallest absolute Gasteiger partial charge is 0.249 e. The lowest BCUT2D eigenvalue weighted by Crippen LogP contribution is -2.27. The van der Waals surface area contributed by atoms with E-state index in [0.717, 1.165) is 29.2 Å². The lowest BCUT2D eigenvalue weighted by molar-refractivity contribution is -0.119. The number of halogens is 1. The molecule has 8 nitrogen and oxygen atoms in total. The van der Waals surface area contributed by atoms with Gasteiger partial charge < -0.3 is 5.32 Å². The van der Waals surface area contributed by atoms with Gasteiger partial charge in [0.25, 0.3) is 0 Å². The van der Waals surface area contributed by atoms with Crippen LogP contribution in [0.4, 0.5) is 5.69 Å². The van der Waals surface area contributed by atoms with Crippen LogP contribution in [0.2, 0.25) is 5.02 Å². The van der Waals surface area contributed by atoms with Gasteiger partial charge in [0, 0.05) is 24.0 Å². The number of hydrogen-bond acceptors (Lipinski definition) is 4. The number of nitrogens with one attached hydrogen (secondary N) is 1. The minimum Gasteiger partial charge on any atom is -0.322 e. The van der Waals surface area contributed by atoms with E-state index in [1.165, 1.54) is 0 Å². The number of amides is 1. The number of hydrogen-bond donors (Lipinski definition) is 1. The largest absolute Gasteiger partial charge is 0.322 e. The predicted octanol–water partition coefficient (Wildman–Crippen LogP) is 3.51. The molecule has 1 N–H and O–H groups in total. The van der Waals surface area contributed by atoms with Gasteiger partial charge in [0.15, 0.2) is 0 Å². The van der Waals surface area contributed by atoms with Crippen molar-refractivity contribution in [2.75, 3.05) is 5.32 Å². The van der Waals surface area contributed by atoms with Crippen molar-refractivity contribution in [3.05, 3.63) is 46.3 Å². The van der Waals surface area contributed by atoms with E-state index in [-0.39, 0.29) is 5.91 Å². The highest BCUT2D eigenvalue weighted by atomic mass is 35.5. The highest BCUT2D eigenvalue weighted by molar-refractivity contribution is 6.31. The lowest BCUT2D eigenvalue weighted by Gasteiger charge is -2.16. The van der Waals surface area contributed by atoms with Crippen molar-refractivity contribution >= 4 is 23.2 Å². The Labute approximate surface area is 169 Å². The zero-order valence-corrected chi connectivity index (χ0v) is 17.7. The summed E-state index contributed by atoms with van der Waals surface area (Å²) in [7, 11) is 0. The van der Waals surface area contributed by atoms with Crippen LogP contribution in [0.1, 0.15) is 49.0 Å². The Balaban J connectivity index is 1.72. The van der Waals surface area contributed by atoms with Gasteiger partial charge in [-0.05, 0) is 34.1 Å². The van der Waals surface area contributed by atoms with E-state index in [1.54, 1.807) is 15.6 Å². The molecule has 1 unspecified atom stereocenters. The molecule has 3 aromatic heterocycles. The Kier molecular flexibility index (Phi) is 5.88. The van der Waals surface area contributed by atoms with E-state index < -0.39 is 6.04 Å². The maximum Gasteiger partial charge on any atom is 0.249 e. The zero-order valence-electron chi connectivity index (χ0n) is 16.9. The van der Waals surface area contributed by atoms with Crippen LogP contribution in [0, 0.1) is 20.8 Å². The summed E-state index contributed by atoms with van der Waals surface area (Å²) >= 11 is 6.23. The number of carbonyl (C=O) groups is 1. The van der Waals surface area contributed by atoms with Crippen LogP contribution in [0.3, 0.4) is 0 Å². The van der Waals surface area contributed by atoms with Gasteiger partial charge in [0.2, 0.25) is 5.91 Å². The number of aryl methyl sites for hydroxylation is 2. The number of nitrogens with zero attached hydrogens (tertiary/aromatic N) is 6. The van der Waals surface area contributed by atoms with Crippen LogP contribution in [0.5, 0.6) is 0 Å². The summed E-state index contributed by atoms with van der Waals surface area (Å²) in [5.74, 6) is -0.140. The molecule has 0 bridgehead atoms. The number of rotatable bonds is 7. The molecule has 0 fully saturated rings. The third kappa shape index (κ3) is 3.82. The fourth-order valence-corrected chi connectivity index (χ4v) is 3.41. The summed E-state index contributed by atoms with van der Waals surface area (Å²) in [5.41, 5.74) is 4.39. The van der Waals surface area contributed by atoms with Gasteiger partial charge in [0.05, 0.1) is 41.0 Å². The number of anilines is 1. The molecule has 3 rings (SSSR count). The van der Waals surface area contributed by atoms with Gasteiger partial charge in [-0.2, -0.15) is 15.3 Å². The fraction of sp³-hybridized carbons (Fsp3) is 0.474. The third-order valence-electron chi connectivity index (χ3n) is 4.96. The second-order valence-corrected chi connectivity index (χ2v) is 7.22. The van der Waals surface area contributed by atoms with Gasteiger partial charge in [-0.15, -0.1) is 0 Å². The Bertz CT molecular complexity index is 985. The normalized spacial score (nSPS) is 12.4. The molecular formula is C19H26ClN7O. The van der Waals surface area contributed by atoms with Crippen LogP contribution in [-0.2, 0) is 17.9 Å². The van der Waals surface area contributed by atoms with Crippen LogP contribution >= 0.6 is 11.6 Å². The van der Waals surface area contributed by atoms with E-state index in [0.29, 0.717) is 23.7 Å². The van der Waals surface area contributed by atoms with Gasteiger partial charge in [-0.25, -0.2) is 0 Å². The van der Waals surface area contributed by atoms with E-state index in [4.69, 9.17) is 11.6 Å². The quantitative estimate of drug-likeness (QED) is 0.654. The molecule has 3 aromatic rings. The molecule has 3 heterocycles. The minimum atomic E-state index is -0.431. The van der Waals surface area contributed by atoms with Crippen molar-refractivity contribution in [1.82, 2.24) is 29.3 Å². The molecule has 28 heavy (non-hydrogen) atoms. The minimum absolute atomic E-state index is 0.140. The van der Waals surface area contributed by atoms with E-state index >= 15 is 0 Å². The van der Waals surface area contributed by atoms with E-state index in [1.807, 2.05) is 44.8 Å². The highest BCUT2D eigenvalue weighted by Gasteiger charge is 2.23. The summed E-state index contributed by atoms with van der Waals surface area (Å²) in [6.45, 7) is 11.2. The molecule has 0 aliphatic rings. The second-order valence-electron chi connectivity index (χ2n) is 6.84. The number of carbonyl (C=O) groups excluding carboxylic acids is 1. The van der Waals surface area contributed by atoms with Crippen LogP contribution in [-0.4, -0.2) is 35.2 Å². The summed E-state index contributed by atoms with van der Waals surface area (Å²) in [6, 6.07) is -0.431. The van der Waals surface area contributed by atoms with Crippen molar-refractivity contribution in [1.29, 1.82) is 0 Å². The Morgan fingerprint density at radius 1 is 1.18 bits per heavy atom. The van der Waals surface area contributed by atoms with Crippen molar-refractivity contribution in [3.63, 3.8) is 0 Å². The zero-order chi connectivity index (χ0) is 20.4. The molecule has 0 aliphatic carbocycles. The van der Waals surface area contributed by atoms with Crippen molar-refractivity contribution in [2.24, 2.45) is 0 Å². The third-order valence-corrected chi connectivity index (χ3v) is 5.51. The first kappa shape index (κ1) is 20.1. The summed E-state index contributed by atoms with van der Waals surface area (Å²) in [5, 5.41) is 16.7. The summed E-state index contributed by atoms with van der Waals surface area (Å²) < 4.78 is 5.44. The van der Waals surface area contributed by atoms with Crippen molar-refractivity contribution < 1.29 is 4.79 Å². The highest BCUT2D eigenvalue weighted by Crippen LogP contribution is 2.24. The monoisotopic (exact) mass is 403 g/mol. The topological polar surface area (TPSA) is 82.6 Å². The Morgan fingerprint density at radius 3 is 2.50 bits per heavy atom. The van der Waals surface area contributed by atoms with Gasteiger partial charge >= 0.3 is 0 Å². The molecule has 0 saturated heterocycles. The first-order chi connectivity index (χ1) is 13.3. The second kappa shape index (κ2) is 8.18. The molecule has 9 heteroatoms. The first-order valence-electron chi connectivity index (χ1n) is 9.41. The molecular weight excluding hydrogens is 378 g/mol. The number of aromatic nitrogens is 6. The van der Waals surface area contributed by atoms with Crippen LogP contribution in [0.15, 0.2) is 18.6 Å². The van der Waals surface area contributed by atoms with Crippen LogP contribution in [0.25, 0.3) is 0 Å². The molecule has 0 spiro atoms. The van der Waals surface area contributed by atoms with Crippen LogP contribution < -0.4 is 5.32 Å². The van der Waals surface area contributed by atoms with E-state index in [2.05, 4.69) is 27.5 Å². The average molecular weight is 404 g/mol. The molecule has 0 aliphatic heterocycles. The van der Waals surface area contributed by atoms with Crippen molar-refractivity contribution in [3.8, 4) is 0 Å². The predicted molar refractivity (Wildman–Crippen MR) is 109 cm³/mol.